The summed E-state index contributed by atoms with van der Waals surface area (Å²) in [5.74, 6) is 0.581. The molecule has 27 heavy (non-hydrogen) atoms. The fourth-order valence-electron chi connectivity index (χ4n) is 2.22. The first-order valence-electron chi connectivity index (χ1n) is 8.22. The summed E-state index contributed by atoms with van der Waals surface area (Å²) in [5.41, 5.74) is 4.88. The van der Waals surface area contributed by atoms with Gasteiger partial charge in [-0.15, -0.1) is 12.4 Å². The highest BCUT2D eigenvalue weighted by atomic mass is 35.5. The second-order valence-corrected chi connectivity index (χ2v) is 5.74. The number of para-hydroxylation sites is 1. The van der Waals surface area contributed by atoms with Crippen LogP contribution in [0.4, 0.5) is 0 Å². The number of nitrogens with two attached hydrogens (primary N) is 1. The van der Waals surface area contributed by atoms with Crippen molar-refractivity contribution in [2.45, 2.75) is 18.6 Å². The van der Waals surface area contributed by atoms with E-state index in [0.29, 0.717) is 30.9 Å². The van der Waals surface area contributed by atoms with Crippen LogP contribution >= 0.6 is 12.4 Å². The van der Waals surface area contributed by atoms with Gasteiger partial charge in [0.25, 0.3) is 0 Å². The van der Waals surface area contributed by atoms with Crippen LogP contribution in [0, 0.1) is 0 Å². The molecule has 0 spiro atoms. The third-order valence-corrected chi connectivity index (χ3v) is 3.53. The molecule has 7 nitrogen and oxygen atoms in total. The fraction of sp³-hybridized carbons (Fsp3) is 0.316. The highest BCUT2D eigenvalue weighted by Crippen LogP contribution is 2.22. The third-order valence-electron chi connectivity index (χ3n) is 3.53. The highest BCUT2D eigenvalue weighted by Gasteiger charge is 2.26. The van der Waals surface area contributed by atoms with E-state index in [1.54, 1.807) is 24.3 Å². The van der Waals surface area contributed by atoms with Gasteiger partial charge in [0.15, 0.2) is 12.3 Å². The molecule has 0 saturated heterocycles. The molecule has 148 valence electrons. The number of halogens is 1. The summed E-state index contributed by atoms with van der Waals surface area (Å²) in [5, 5.41) is 18.2. The number of rotatable bonds is 11. The lowest BCUT2D eigenvalue weighted by Gasteiger charge is -2.28. The van der Waals surface area contributed by atoms with Crippen molar-refractivity contribution in [2.24, 2.45) is 5.73 Å². The summed E-state index contributed by atoms with van der Waals surface area (Å²) < 4.78 is 16.3. The first-order chi connectivity index (χ1) is 12.5. The number of benzene rings is 2. The van der Waals surface area contributed by atoms with Crippen molar-refractivity contribution in [3.8, 4) is 17.2 Å². The summed E-state index contributed by atoms with van der Waals surface area (Å²) in [6.07, 6.45) is 0.999. The van der Waals surface area contributed by atoms with Crippen LogP contribution in [0.15, 0.2) is 54.6 Å². The minimum absolute atomic E-state index is 0. The van der Waals surface area contributed by atoms with Gasteiger partial charge in [-0.1, -0.05) is 18.2 Å². The van der Waals surface area contributed by atoms with Crippen LogP contribution in [-0.4, -0.2) is 41.7 Å². The first-order valence-corrected chi connectivity index (χ1v) is 8.22. The number of hydrogen-bond acceptors (Lipinski definition) is 6. The van der Waals surface area contributed by atoms with Crippen LogP contribution in [0.3, 0.4) is 0 Å². The van der Waals surface area contributed by atoms with Gasteiger partial charge in [-0.2, -0.15) is 0 Å². The average Bonchev–Trinajstić information content (AvgIpc) is 2.65. The van der Waals surface area contributed by atoms with Crippen molar-refractivity contribution in [2.75, 3.05) is 19.8 Å². The van der Waals surface area contributed by atoms with E-state index in [2.05, 4.69) is 0 Å². The summed E-state index contributed by atoms with van der Waals surface area (Å²) in [6, 6.07) is 15.8. The van der Waals surface area contributed by atoms with Gasteiger partial charge >= 0.3 is 5.97 Å². The van der Waals surface area contributed by atoms with Crippen LogP contribution in [0.25, 0.3) is 0 Å². The zero-order valence-electron chi connectivity index (χ0n) is 14.7. The number of carboxylic acids is 1. The summed E-state index contributed by atoms with van der Waals surface area (Å²) in [7, 11) is 0. The molecule has 0 radical (unpaired) electrons. The van der Waals surface area contributed by atoms with Gasteiger partial charge in [0, 0.05) is 6.42 Å². The zero-order valence-corrected chi connectivity index (χ0v) is 15.6. The van der Waals surface area contributed by atoms with Crippen LogP contribution in [0.2, 0.25) is 0 Å². The van der Waals surface area contributed by atoms with E-state index in [1.807, 2.05) is 30.3 Å². The van der Waals surface area contributed by atoms with Gasteiger partial charge in [0.1, 0.15) is 17.2 Å². The largest absolute Gasteiger partial charge is 0.494 e. The lowest BCUT2D eigenvalue weighted by molar-refractivity contribution is -0.139. The quantitative estimate of drug-likeness (QED) is 0.394. The maximum Gasteiger partial charge on any atom is 0.341 e. The molecule has 1 unspecified atom stereocenters. The molecule has 0 fully saturated rings. The molecule has 0 heterocycles. The van der Waals surface area contributed by atoms with Crippen molar-refractivity contribution < 1.29 is 29.2 Å². The van der Waals surface area contributed by atoms with E-state index in [-0.39, 0.29) is 19.0 Å². The van der Waals surface area contributed by atoms with Gasteiger partial charge in [-0.05, 0) is 42.8 Å². The minimum Gasteiger partial charge on any atom is -0.494 e. The van der Waals surface area contributed by atoms with Crippen molar-refractivity contribution in [3.63, 3.8) is 0 Å². The van der Waals surface area contributed by atoms with Gasteiger partial charge < -0.3 is 24.4 Å². The molecule has 0 aliphatic heterocycles. The van der Waals surface area contributed by atoms with Crippen LogP contribution in [0.1, 0.15) is 12.8 Å². The highest BCUT2D eigenvalue weighted by molar-refractivity contribution is 5.85. The Morgan fingerprint density at radius 1 is 0.963 bits per heavy atom. The Hall–Kier alpha value is -2.48. The molecule has 0 saturated carbocycles. The van der Waals surface area contributed by atoms with E-state index < -0.39 is 18.3 Å². The Morgan fingerprint density at radius 2 is 1.56 bits per heavy atom. The van der Waals surface area contributed by atoms with Gasteiger partial charge in [0.2, 0.25) is 0 Å². The van der Waals surface area contributed by atoms with Gasteiger partial charge in [-0.3, -0.25) is 5.73 Å². The van der Waals surface area contributed by atoms with Gasteiger partial charge in [-0.25, -0.2) is 4.79 Å². The van der Waals surface area contributed by atoms with E-state index in [1.165, 1.54) is 0 Å². The lowest BCUT2D eigenvalue weighted by atomic mass is 10.1. The Bertz CT molecular complexity index is 682. The monoisotopic (exact) mass is 397 g/mol. The molecule has 2 aromatic rings. The zero-order chi connectivity index (χ0) is 18.8. The predicted molar refractivity (Wildman–Crippen MR) is 103 cm³/mol. The maximum absolute atomic E-state index is 10.5. The second kappa shape index (κ2) is 11.3. The molecule has 8 heteroatoms. The Balaban J connectivity index is 0.00000364. The molecule has 0 amide bonds. The molecule has 0 bridgehead atoms. The molecular weight excluding hydrogens is 374 g/mol. The van der Waals surface area contributed by atoms with Crippen LogP contribution in [0.5, 0.6) is 17.2 Å². The summed E-state index contributed by atoms with van der Waals surface area (Å²) >= 11 is 0. The number of carboxylic acid groups (broad SMARTS) is 1. The normalized spacial score (nSPS) is 12.4. The van der Waals surface area contributed by atoms with Crippen molar-refractivity contribution in [1.82, 2.24) is 0 Å². The van der Waals surface area contributed by atoms with E-state index >= 15 is 0 Å². The van der Waals surface area contributed by atoms with Crippen molar-refractivity contribution >= 4 is 18.4 Å². The average molecular weight is 398 g/mol. The topological polar surface area (TPSA) is 111 Å². The van der Waals surface area contributed by atoms with E-state index in [4.69, 9.17) is 25.1 Å². The Kier molecular flexibility index (Phi) is 9.42. The third kappa shape index (κ3) is 8.17. The molecule has 0 aliphatic carbocycles. The number of carbonyl (C=O) groups is 1. The number of aliphatic hydroxyl groups is 1. The lowest BCUT2D eigenvalue weighted by Crippen LogP contribution is -2.49. The minimum atomic E-state index is -1.23. The maximum atomic E-state index is 10.5. The molecule has 1 atom stereocenters. The summed E-state index contributed by atoms with van der Waals surface area (Å²) in [6.45, 7) is -0.316. The van der Waals surface area contributed by atoms with Crippen LogP contribution in [-0.2, 0) is 4.79 Å². The smallest absolute Gasteiger partial charge is 0.341 e. The molecule has 2 aromatic carbocycles. The molecular formula is C19H24ClNO6. The van der Waals surface area contributed by atoms with Gasteiger partial charge in [0.05, 0.1) is 13.2 Å². The molecule has 4 N–H and O–H groups in total. The Morgan fingerprint density at radius 3 is 2.15 bits per heavy atom. The predicted octanol–water partition coefficient (Wildman–Crippen LogP) is 2.46. The fourth-order valence-corrected chi connectivity index (χ4v) is 2.22. The number of aliphatic hydroxyl groups excluding tert-OH is 1. The van der Waals surface area contributed by atoms with E-state index in [0.717, 1.165) is 5.75 Å². The number of ether oxygens (including phenoxy) is 3. The van der Waals surface area contributed by atoms with Crippen molar-refractivity contribution in [3.05, 3.63) is 54.6 Å². The second-order valence-electron chi connectivity index (χ2n) is 5.74. The Labute approximate surface area is 164 Å². The molecule has 0 aliphatic rings. The first kappa shape index (κ1) is 22.6. The van der Waals surface area contributed by atoms with Crippen LogP contribution < -0.4 is 19.9 Å². The SMILES string of the molecule is Cl.NC(CO)(CCCOc1ccccc1)Oc1ccc(OCC(=O)O)cc1. The standard InChI is InChI=1S/C19H23NO6.ClH/c20-19(14-21,11-4-12-24-15-5-2-1-3-6-15)26-17-9-7-16(8-10-17)25-13-18(22)23;/h1-3,5-10,21H,4,11-14,20H2,(H,22,23);1H. The summed E-state index contributed by atoms with van der Waals surface area (Å²) in [4.78, 5) is 10.5. The van der Waals surface area contributed by atoms with Crippen molar-refractivity contribution in [1.29, 1.82) is 0 Å². The number of aliphatic carboxylic acids is 1. The molecule has 0 aromatic heterocycles. The molecule has 2 rings (SSSR count). The number of hydrogen-bond donors (Lipinski definition) is 3. The van der Waals surface area contributed by atoms with E-state index in [9.17, 15) is 9.90 Å².